The lowest BCUT2D eigenvalue weighted by atomic mass is 10.1. The van der Waals surface area contributed by atoms with Crippen LogP contribution in [0.3, 0.4) is 0 Å². The Morgan fingerprint density at radius 2 is 1.84 bits per heavy atom. The van der Waals surface area contributed by atoms with Crippen molar-refractivity contribution in [3.8, 4) is 16.2 Å². The largest absolute Gasteiger partial charge is 0.506 e. The van der Waals surface area contributed by atoms with Crippen LogP contribution in [0.5, 0.6) is 5.75 Å². The van der Waals surface area contributed by atoms with Gasteiger partial charge >= 0.3 is 0 Å². The Morgan fingerprint density at radius 1 is 1.12 bits per heavy atom. The number of ether oxygens (including phenoxy) is 1. The Hall–Kier alpha value is -2.43. The molecule has 11 heteroatoms. The van der Waals surface area contributed by atoms with Gasteiger partial charge in [-0.2, -0.15) is 5.10 Å². The fourth-order valence-electron chi connectivity index (χ4n) is 2.64. The van der Waals surface area contributed by atoms with E-state index in [1.165, 1.54) is 11.3 Å². The highest BCUT2D eigenvalue weighted by Gasteiger charge is 2.17. The standard InChI is InChI=1S/C21H19Cl2N3O4S2/c1-11(13-10-31-19(18(13)27)12-3-4-14(22)15(23)9-12)25-26-21(29)17-6-5-16(32-17)20(28)24-7-8-30-2/h3-6,9-10,27H,7-8H2,1-2H3,(H,24,28)(H,26,29)/b25-11+. The Kier molecular flexibility index (Phi) is 8.27. The van der Waals surface area contributed by atoms with Crippen LogP contribution in [0, 0.1) is 0 Å². The molecule has 168 valence electrons. The van der Waals surface area contributed by atoms with E-state index in [0.29, 0.717) is 49.1 Å². The van der Waals surface area contributed by atoms with Crippen molar-refractivity contribution in [3.63, 3.8) is 0 Å². The third-order valence-corrected chi connectivity index (χ3v) is 7.15. The number of nitrogens with zero attached hydrogens (tertiary/aromatic N) is 1. The molecule has 0 aliphatic carbocycles. The SMILES string of the molecule is COCCNC(=O)c1ccc(C(=O)N/N=C(\C)c2csc(-c3ccc(Cl)c(Cl)c3)c2O)s1. The number of halogens is 2. The van der Waals surface area contributed by atoms with Crippen molar-refractivity contribution in [2.75, 3.05) is 20.3 Å². The first-order chi connectivity index (χ1) is 15.3. The number of rotatable bonds is 8. The highest BCUT2D eigenvalue weighted by molar-refractivity contribution is 7.16. The summed E-state index contributed by atoms with van der Waals surface area (Å²) in [4.78, 5) is 25.8. The summed E-state index contributed by atoms with van der Waals surface area (Å²) in [6.45, 7) is 2.46. The Bertz CT molecular complexity index is 1170. The van der Waals surface area contributed by atoms with Crippen molar-refractivity contribution in [3.05, 3.63) is 61.1 Å². The molecule has 0 saturated heterocycles. The number of carbonyl (C=O) groups excluding carboxylic acids is 2. The molecule has 2 amide bonds. The first-order valence-electron chi connectivity index (χ1n) is 9.29. The molecule has 0 unspecified atom stereocenters. The van der Waals surface area contributed by atoms with Gasteiger partial charge in [0, 0.05) is 19.0 Å². The van der Waals surface area contributed by atoms with Crippen molar-refractivity contribution in [1.82, 2.24) is 10.7 Å². The van der Waals surface area contributed by atoms with E-state index in [1.807, 2.05) is 0 Å². The molecule has 1 aromatic carbocycles. The van der Waals surface area contributed by atoms with Crippen LogP contribution in [-0.2, 0) is 4.74 Å². The number of hydrogen-bond acceptors (Lipinski definition) is 7. The van der Waals surface area contributed by atoms with E-state index in [1.54, 1.807) is 49.7 Å². The summed E-state index contributed by atoms with van der Waals surface area (Å²) in [5.41, 5.74) is 4.09. The Labute approximate surface area is 202 Å². The summed E-state index contributed by atoms with van der Waals surface area (Å²) >= 11 is 14.4. The monoisotopic (exact) mass is 511 g/mol. The van der Waals surface area contributed by atoms with Crippen LogP contribution in [0.15, 0.2) is 40.8 Å². The summed E-state index contributed by atoms with van der Waals surface area (Å²) in [5, 5.41) is 20.0. The number of benzene rings is 1. The van der Waals surface area contributed by atoms with E-state index in [9.17, 15) is 14.7 Å². The van der Waals surface area contributed by atoms with Crippen LogP contribution in [0.25, 0.3) is 10.4 Å². The van der Waals surface area contributed by atoms with Gasteiger partial charge in [0.1, 0.15) is 5.75 Å². The lowest BCUT2D eigenvalue weighted by Crippen LogP contribution is -2.26. The third kappa shape index (κ3) is 5.67. The highest BCUT2D eigenvalue weighted by atomic mass is 35.5. The molecule has 0 bridgehead atoms. The maximum absolute atomic E-state index is 12.4. The average Bonchev–Trinajstić information content (AvgIpc) is 3.41. The van der Waals surface area contributed by atoms with E-state index < -0.39 is 5.91 Å². The van der Waals surface area contributed by atoms with Gasteiger partial charge < -0.3 is 15.2 Å². The molecule has 0 aliphatic heterocycles. The predicted octanol–water partition coefficient (Wildman–Crippen LogP) is 5.02. The number of carbonyl (C=O) groups is 2. The summed E-state index contributed by atoms with van der Waals surface area (Å²) in [5.74, 6) is -0.691. The third-order valence-electron chi connectivity index (χ3n) is 4.31. The molecule has 0 atom stereocenters. The second-order valence-electron chi connectivity index (χ2n) is 6.51. The van der Waals surface area contributed by atoms with Gasteiger partial charge in [-0.25, -0.2) is 5.43 Å². The molecule has 2 aromatic heterocycles. The molecule has 3 N–H and O–H groups in total. The highest BCUT2D eigenvalue weighted by Crippen LogP contribution is 2.40. The first-order valence-corrected chi connectivity index (χ1v) is 11.7. The van der Waals surface area contributed by atoms with Gasteiger partial charge in [0.2, 0.25) is 0 Å². The Morgan fingerprint density at radius 3 is 2.53 bits per heavy atom. The van der Waals surface area contributed by atoms with Crippen molar-refractivity contribution >= 4 is 63.4 Å². The summed E-state index contributed by atoms with van der Waals surface area (Å²) in [7, 11) is 1.55. The zero-order valence-electron chi connectivity index (χ0n) is 17.1. The smallest absolute Gasteiger partial charge is 0.281 e. The lowest BCUT2D eigenvalue weighted by molar-refractivity contribution is 0.0939. The second-order valence-corrected chi connectivity index (χ2v) is 9.28. The predicted molar refractivity (Wildman–Crippen MR) is 130 cm³/mol. The van der Waals surface area contributed by atoms with Gasteiger partial charge in [-0.05, 0) is 36.8 Å². The topological polar surface area (TPSA) is 100 Å². The molecule has 0 spiro atoms. The molecule has 0 aliphatic rings. The summed E-state index contributed by atoms with van der Waals surface area (Å²) in [6, 6.07) is 8.23. The molecular weight excluding hydrogens is 493 g/mol. The normalized spacial score (nSPS) is 11.4. The summed E-state index contributed by atoms with van der Waals surface area (Å²) in [6.07, 6.45) is 0. The number of thiophene rings is 2. The fraction of sp³-hybridized carbons (Fsp3) is 0.190. The van der Waals surface area contributed by atoms with Gasteiger partial charge in [-0.15, -0.1) is 22.7 Å². The van der Waals surface area contributed by atoms with Crippen molar-refractivity contribution in [1.29, 1.82) is 0 Å². The minimum absolute atomic E-state index is 0.0371. The lowest BCUT2D eigenvalue weighted by Gasteiger charge is -2.04. The maximum Gasteiger partial charge on any atom is 0.281 e. The van der Waals surface area contributed by atoms with Gasteiger partial charge in [0.15, 0.2) is 0 Å². The molecule has 0 saturated carbocycles. The minimum Gasteiger partial charge on any atom is -0.506 e. The second kappa shape index (κ2) is 10.9. The van der Waals surface area contributed by atoms with Crippen LogP contribution >= 0.6 is 45.9 Å². The van der Waals surface area contributed by atoms with E-state index in [2.05, 4.69) is 15.8 Å². The molecule has 3 aromatic rings. The van der Waals surface area contributed by atoms with E-state index in [-0.39, 0.29) is 11.7 Å². The number of nitrogens with one attached hydrogen (secondary N) is 2. The number of methoxy groups -OCH3 is 1. The first kappa shape index (κ1) is 24.2. The van der Waals surface area contributed by atoms with Crippen LogP contribution in [0.2, 0.25) is 10.0 Å². The number of hydrogen-bond donors (Lipinski definition) is 3. The number of amides is 2. The Balaban J connectivity index is 1.68. The molecule has 3 rings (SSSR count). The zero-order chi connectivity index (χ0) is 23.3. The fourth-order valence-corrected chi connectivity index (χ4v) is 4.75. The number of aromatic hydroxyl groups is 1. The van der Waals surface area contributed by atoms with Crippen molar-refractivity contribution in [2.24, 2.45) is 5.10 Å². The molecule has 7 nitrogen and oxygen atoms in total. The number of hydrazone groups is 1. The van der Waals surface area contributed by atoms with Crippen LogP contribution in [0.4, 0.5) is 0 Å². The van der Waals surface area contributed by atoms with Crippen LogP contribution in [-0.4, -0.2) is 42.9 Å². The van der Waals surface area contributed by atoms with E-state index >= 15 is 0 Å². The summed E-state index contributed by atoms with van der Waals surface area (Å²) < 4.78 is 4.89. The molecular formula is C21H19Cl2N3O4S2. The van der Waals surface area contributed by atoms with Gasteiger partial charge in [0.05, 0.1) is 42.6 Å². The molecule has 0 fully saturated rings. The molecule has 0 radical (unpaired) electrons. The average molecular weight is 512 g/mol. The van der Waals surface area contributed by atoms with Crippen LogP contribution in [0.1, 0.15) is 31.8 Å². The van der Waals surface area contributed by atoms with E-state index in [0.717, 1.165) is 16.9 Å². The van der Waals surface area contributed by atoms with Crippen molar-refractivity contribution in [2.45, 2.75) is 6.92 Å². The van der Waals surface area contributed by atoms with E-state index in [4.69, 9.17) is 27.9 Å². The molecule has 32 heavy (non-hydrogen) atoms. The van der Waals surface area contributed by atoms with Gasteiger partial charge in [-0.3, -0.25) is 9.59 Å². The van der Waals surface area contributed by atoms with Crippen molar-refractivity contribution < 1.29 is 19.4 Å². The van der Waals surface area contributed by atoms with Gasteiger partial charge in [-0.1, -0.05) is 29.3 Å². The van der Waals surface area contributed by atoms with Gasteiger partial charge in [0.25, 0.3) is 11.8 Å². The zero-order valence-corrected chi connectivity index (χ0v) is 20.2. The quantitative estimate of drug-likeness (QED) is 0.224. The molecule has 2 heterocycles. The minimum atomic E-state index is -0.454. The maximum atomic E-state index is 12.4. The van der Waals surface area contributed by atoms with Crippen LogP contribution < -0.4 is 10.7 Å².